The second-order valence-corrected chi connectivity index (χ2v) is 13.5. The number of primary amides is 1. The topological polar surface area (TPSA) is 171 Å². The van der Waals surface area contributed by atoms with Crippen molar-refractivity contribution in [3.63, 3.8) is 0 Å². The Bertz CT molecular complexity index is 2050. The highest BCUT2D eigenvalue weighted by Gasteiger charge is 2.36. The molecule has 4 aromatic rings. The number of rotatable bonds is 8. The first-order valence-corrected chi connectivity index (χ1v) is 17.4. The standard InChI is InChI=1S/C16H15FN2O5S.C11H13NO.C8H5F4NO/c1-24-14-6-4-9(7-12(14)15(18)20)11-8-10(3-5-13(11)17)16(21)19-25(2,22)23;1-2-10-4-3-9(1)11(10)5-8-6-12-13-7-8;9-7-2-1-5(13-4-14)3-6(7)8(10,11)12/h3-8H,1-2H3,(H2,18,20)(H,19,21);5-7,9-10H,1-4H2;1-4H,(H,13,14). The summed E-state index contributed by atoms with van der Waals surface area (Å²) in [5, 5.41) is 5.72. The Morgan fingerprint density at radius 1 is 0.981 bits per heavy atom. The number of anilines is 1. The van der Waals surface area contributed by atoms with Gasteiger partial charge in [-0.3, -0.25) is 14.4 Å². The van der Waals surface area contributed by atoms with E-state index in [9.17, 15) is 44.8 Å². The number of nitrogens with two attached hydrogens (primary N) is 1. The fourth-order valence-electron chi connectivity index (χ4n) is 5.89. The van der Waals surface area contributed by atoms with Gasteiger partial charge < -0.3 is 20.3 Å². The smallest absolute Gasteiger partial charge is 0.419 e. The van der Waals surface area contributed by atoms with E-state index in [-0.39, 0.29) is 40.1 Å². The molecule has 11 nitrogen and oxygen atoms in total. The SMILES string of the molecule is C(=C1C2CCC1CC2)c1cnoc1.COc1ccc(-c2cc(C(=O)NS(C)(=O)=O)ccc2F)cc1C(N)=O.O=CNc1ccc(F)c(C(F)(F)F)c1. The van der Waals surface area contributed by atoms with E-state index in [1.807, 2.05) is 5.32 Å². The molecule has 2 saturated carbocycles. The highest BCUT2D eigenvalue weighted by molar-refractivity contribution is 7.89. The summed E-state index contributed by atoms with van der Waals surface area (Å²) in [6.07, 6.45) is 7.71. The van der Waals surface area contributed by atoms with Crippen molar-refractivity contribution >= 4 is 40.0 Å². The van der Waals surface area contributed by atoms with Gasteiger partial charge in [0.05, 0.1) is 30.7 Å². The number of benzene rings is 3. The molecule has 17 heteroatoms. The van der Waals surface area contributed by atoms with Crippen molar-refractivity contribution < 1.29 is 54.0 Å². The number of fused-ring (bicyclic) bond motifs is 2. The number of nitrogens with one attached hydrogen (secondary N) is 2. The van der Waals surface area contributed by atoms with E-state index in [0.717, 1.165) is 41.9 Å². The van der Waals surface area contributed by atoms with E-state index >= 15 is 0 Å². The molecule has 1 heterocycles. The van der Waals surface area contributed by atoms with Gasteiger partial charge in [0.2, 0.25) is 16.4 Å². The third-order valence-electron chi connectivity index (χ3n) is 8.23. The normalized spacial score (nSPS) is 16.1. The number of carbonyl (C=O) groups excluding carboxylic acids is 3. The number of hydrogen-bond donors (Lipinski definition) is 3. The molecule has 4 N–H and O–H groups in total. The second-order valence-electron chi connectivity index (χ2n) is 11.8. The quantitative estimate of drug-likeness (QED) is 0.134. The predicted molar refractivity (Wildman–Crippen MR) is 180 cm³/mol. The maximum atomic E-state index is 14.2. The minimum atomic E-state index is -4.76. The zero-order valence-electron chi connectivity index (χ0n) is 27.7. The number of aromatic nitrogens is 1. The molecule has 2 fully saturated rings. The fourth-order valence-corrected chi connectivity index (χ4v) is 6.34. The Balaban J connectivity index is 0.000000189. The number of amides is 3. The molecule has 6 rings (SSSR count). The highest BCUT2D eigenvalue weighted by Crippen LogP contribution is 2.49. The third kappa shape index (κ3) is 10.2. The first kappa shape index (κ1) is 39.2. The van der Waals surface area contributed by atoms with E-state index in [4.69, 9.17) is 15.0 Å². The van der Waals surface area contributed by atoms with Crippen molar-refractivity contribution in [3.8, 4) is 16.9 Å². The number of carbonyl (C=O) groups is 3. The van der Waals surface area contributed by atoms with E-state index < -0.39 is 45.2 Å². The number of hydrogen-bond acceptors (Lipinski definition) is 8. The Hall–Kier alpha value is -5.58. The van der Waals surface area contributed by atoms with Gasteiger partial charge in [0.15, 0.2) is 0 Å². The predicted octanol–water partition coefficient (Wildman–Crippen LogP) is 6.58. The van der Waals surface area contributed by atoms with Crippen molar-refractivity contribution in [2.45, 2.75) is 31.9 Å². The van der Waals surface area contributed by atoms with Gasteiger partial charge in [-0.1, -0.05) is 22.9 Å². The van der Waals surface area contributed by atoms with Crippen molar-refractivity contribution in [1.29, 1.82) is 0 Å². The minimum Gasteiger partial charge on any atom is -0.496 e. The molecule has 2 aliphatic rings. The Kier molecular flexibility index (Phi) is 12.5. The molecular formula is C35H33F5N4O7S. The van der Waals surface area contributed by atoms with Crippen molar-refractivity contribution in [3.05, 3.63) is 107 Å². The first-order valence-electron chi connectivity index (χ1n) is 15.5. The Labute approximate surface area is 295 Å². The van der Waals surface area contributed by atoms with Gasteiger partial charge in [0.1, 0.15) is 23.6 Å². The van der Waals surface area contributed by atoms with Crippen LogP contribution in [0.4, 0.5) is 27.6 Å². The zero-order chi connectivity index (χ0) is 38.2. The summed E-state index contributed by atoms with van der Waals surface area (Å²) in [5.74, 6) is -1.70. The Morgan fingerprint density at radius 2 is 1.63 bits per heavy atom. The van der Waals surface area contributed by atoms with Gasteiger partial charge in [-0.15, -0.1) is 0 Å². The van der Waals surface area contributed by atoms with Crippen LogP contribution in [0.3, 0.4) is 0 Å². The summed E-state index contributed by atoms with van der Waals surface area (Å²) in [6.45, 7) is 0. The highest BCUT2D eigenvalue weighted by atomic mass is 32.2. The average Bonchev–Trinajstić information content (AvgIpc) is 3.84. The molecular weight excluding hydrogens is 715 g/mol. The van der Waals surface area contributed by atoms with Crippen LogP contribution in [-0.2, 0) is 21.0 Å². The van der Waals surface area contributed by atoms with Crippen molar-refractivity contribution in [2.24, 2.45) is 17.6 Å². The summed E-state index contributed by atoms with van der Waals surface area (Å²) in [4.78, 5) is 33.4. The van der Waals surface area contributed by atoms with E-state index in [1.54, 1.807) is 22.8 Å². The van der Waals surface area contributed by atoms with E-state index in [2.05, 4.69) is 11.2 Å². The van der Waals surface area contributed by atoms with Gasteiger partial charge in [0.25, 0.3) is 11.8 Å². The largest absolute Gasteiger partial charge is 0.496 e. The van der Waals surface area contributed by atoms with Crippen LogP contribution in [0.25, 0.3) is 17.2 Å². The molecule has 0 radical (unpaired) electrons. The summed E-state index contributed by atoms with van der Waals surface area (Å²) in [5.41, 5.74) is 6.84. The lowest BCUT2D eigenvalue weighted by Crippen LogP contribution is -2.29. The molecule has 0 unspecified atom stereocenters. The number of ether oxygens (including phenoxy) is 1. The van der Waals surface area contributed by atoms with Crippen LogP contribution >= 0.6 is 0 Å². The van der Waals surface area contributed by atoms with Crippen LogP contribution in [0.15, 0.2) is 77.2 Å². The molecule has 3 aromatic carbocycles. The van der Waals surface area contributed by atoms with Gasteiger partial charge in [0, 0.05) is 22.4 Å². The first-order chi connectivity index (χ1) is 24.5. The van der Waals surface area contributed by atoms with E-state index in [0.29, 0.717) is 12.1 Å². The molecule has 2 aliphatic carbocycles. The molecule has 0 atom stereocenters. The zero-order valence-corrected chi connectivity index (χ0v) is 28.5. The number of methoxy groups -OCH3 is 1. The molecule has 52 heavy (non-hydrogen) atoms. The summed E-state index contributed by atoms with van der Waals surface area (Å²) in [7, 11) is -2.40. The number of halogens is 5. The van der Waals surface area contributed by atoms with Crippen molar-refractivity contribution in [1.82, 2.24) is 9.88 Å². The number of alkyl halides is 3. The van der Waals surface area contributed by atoms with Crippen molar-refractivity contribution in [2.75, 3.05) is 18.7 Å². The lowest BCUT2D eigenvalue weighted by atomic mass is 9.99. The maximum absolute atomic E-state index is 14.2. The average molecular weight is 749 g/mol. The monoisotopic (exact) mass is 748 g/mol. The molecule has 3 amide bonds. The van der Waals surface area contributed by atoms with Crippen LogP contribution in [-0.4, -0.2) is 45.2 Å². The van der Waals surface area contributed by atoms with Gasteiger partial charge in [-0.25, -0.2) is 21.9 Å². The maximum Gasteiger partial charge on any atom is 0.419 e. The summed E-state index contributed by atoms with van der Waals surface area (Å²) >= 11 is 0. The lowest BCUT2D eigenvalue weighted by Gasteiger charge is -2.10. The fraction of sp³-hybridized carbons (Fsp3) is 0.257. The van der Waals surface area contributed by atoms with Gasteiger partial charge >= 0.3 is 6.18 Å². The third-order valence-corrected chi connectivity index (χ3v) is 8.79. The minimum absolute atomic E-state index is 0.00584. The van der Waals surface area contributed by atoms with Crippen LogP contribution in [0.5, 0.6) is 5.75 Å². The lowest BCUT2D eigenvalue weighted by molar-refractivity contribution is -0.140. The van der Waals surface area contributed by atoms with Crippen LogP contribution in [0.2, 0.25) is 0 Å². The molecule has 0 aliphatic heterocycles. The molecule has 0 spiro atoms. The number of nitrogens with zero attached hydrogens (tertiary/aromatic N) is 1. The van der Waals surface area contributed by atoms with Gasteiger partial charge in [-0.05, 0) is 91.6 Å². The summed E-state index contributed by atoms with van der Waals surface area (Å²) in [6, 6.07) is 9.84. The second kappa shape index (κ2) is 16.6. The number of sulfonamides is 1. The number of allylic oxidation sites excluding steroid dienone is 1. The molecule has 276 valence electrons. The van der Waals surface area contributed by atoms with Gasteiger partial charge in [-0.2, -0.15) is 13.2 Å². The van der Waals surface area contributed by atoms with Crippen LogP contribution < -0.4 is 20.5 Å². The van der Waals surface area contributed by atoms with Crippen LogP contribution in [0.1, 0.15) is 57.5 Å². The summed E-state index contributed by atoms with van der Waals surface area (Å²) < 4.78 is 97.1. The molecule has 1 aromatic heterocycles. The van der Waals surface area contributed by atoms with Crippen LogP contribution in [0, 0.1) is 23.5 Å². The van der Waals surface area contributed by atoms with E-state index in [1.165, 1.54) is 57.1 Å². The molecule has 2 bridgehead atoms. The molecule has 0 saturated heterocycles. The Morgan fingerprint density at radius 3 is 2.17 bits per heavy atom.